The van der Waals surface area contributed by atoms with Crippen molar-refractivity contribution >= 4 is 10.0 Å². The highest BCUT2D eigenvalue weighted by atomic mass is 32.2. The third-order valence-electron chi connectivity index (χ3n) is 3.03. The number of sulfonamides is 1. The minimum absolute atomic E-state index is 0.386. The molecule has 4 heteroatoms. The maximum Gasteiger partial charge on any atom is 0.216 e. The Labute approximate surface area is 101 Å². The standard InChI is InChI=1S/C12H27NO2S/c1-9(2)11(10(3)4)8-13-16(14,15)12(5,6)7/h9-11,13H,8H2,1-7H3. The number of hydrogen-bond acceptors (Lipinski definition) is 2. The van der Waals surface area contributed by atoms with Crippen LogP contribution in [0.2, 0.25) is 0 Å². The van der Waals surface area contributed by atoms with E-state index in [9.17, 15) is 8.42 Å². The monoisotopic (exact) mass is 249 g/mol. The Morgan fingerprint density at radius 2 is 1.38 bits per heavy atom. The zero-order chi connectivity index (χ0) is 13.1. The molecular formula is C12H27NO2S. The van der Waals surface area contributed by atoms with Crippen LogP contribution < -0.4 is 4.72 Å². The quantitative estimate of drug-likeness (QED) is 0.814. The van der Waals surface area contributed by atoms with Crippen LogP contribution in [-0.4, -0.2) is 19.7 Å². The van der Waals surface area contributed by atoms with Gasteiger partial charge in [0.2, 0.25) is 10.0 Å². The highest BCUT2D eigenvalue weighted by Crippen LogP contribution is 2.21. The third-order valence-corrected chi connectivity index (χ3v) is 5.19. The van der Waals surface area contributed by atoms with Crippen molar-refractivity contribution in [1.82, 2.24) is 4.72 Å². The van der Waals surface area contributed by atoms with Crippen LogP contribution in [0, 0.1) is 17.8 Å². The van der Waals surface area contributed by atoms with Gasteiger partial charge in [-0.15, -0.1) is 0 Å². The van der Waals surface area contributed by atoms with E-state index >= 15 is 0 Å². The molecule has 0 amide bonds. The van der Waals surface area contributed by atoms with Gasteiger partial charge < -0.3 is 0 Å². The van der Waals surface area contributed by atoms with Crippen LogP contribution in [0.3, 0.4) is 0 Å². The SMILES string of the molecule is CC(C)C(CNS(=O)(=O)C(C)(C)C)C(C)C. The molecule has 0 saturated carbocycles. The summed E-state index contributed by atoms with van der Waals surface area (Å²) in [6.45, 7) is 14.2. The minimum Gasteiger partial charge on any atom is -0.214 e. The van der Waals surface area contributed by atoms with Crippen LogP contribution in [0.5, 0.6) is 0 Å². The molecule has 16 heavy (non-hydrogen) atoms. The number of hydrogen-bond donors (Lipinski definition) is 1. The van der Waals surface area contributed by atoms with E-state index in [0.717, 1.165) is 0 Å². The van der Waals surface area contributed by atoms with Crippen molar-refractivity contribution in [2.45, 2.75) is 53.2 Å². The second-order valence-corrected chi connectivity index (χ2v) is 8.64. The fraction of sp³-hybridized carbons (Fsp3) is 1.00. The molecule has 0 spiro atoms. The van der Waals surface area contributed by atoms with E-state index in [1.807, 2.05) is 0 Å². The predicted molar refractivity (Wildman–Crippen MR) is 69.8 cm³/mol. The molecule has 0 aliphatic heterocycles. The van der Waals surface area contributed by atoms with Crippen LogP contribution >= 0.6 is 0 Å². The van der Waals surface area contributed by atoms with Gasteiger partial charge in [-0.1, -0.05) is 27.7 Å². The summed E-state index contributed by atoms with van der Waals surface area (Å²) >= 11 is 0. The summed E-state index contributed by atoms with van der Waals surface area (Å²) in [5.41, 5.74) is 0. The van der Waals surface area contributed by atoms with E-state index in [0.29, 0.717) is 24.3 Å². The first-order valence-electron chi connectivity index (χ1n) is 5.98. The molecular weight excluding hydrogens is 222 g/mol. The molecule has 0 rings (SSSR count). The average Bonchev–Trinajstić information content (AvgIpc) is 1.99. The highest BCUT2D eigenvalue weighted by Gasteiger charge is 2.30. The lowest BCUT2D eigenvalue weighted by Crippen LogP contribution is -2.43. The lowest BCUT2D eigenvalue weighted by atomic mass is 9.86. The van der Waals surface area contributed by atoms with Crippen LogP contribution in [0.4, 0.5) is 0 Å². The van der Waals surface area contributed by atoms with Gasteiger partial charge in [-0.05, 0) is 38.5 Å². The van der Waals surface area contributed by atoms with Gasteiger partial charge in [-0.2, -0.15) is 0 Å². The Bertz CT molecular complexity index is 291. The van der Waals surface area contributed by atoms with Gasteiger partial charge in [0.15, 0.2) is 0 Å². The molecule has 0 heterocycles. The molecule has 1 N–H and O–H groups in total. The maximum absolute atomic E-state index is 11.9. The Kier molecular flexibility index (Phi) is 5.47. The molecule has 0 radical (unpaired) electrons. The van der Waals surface area contributed by atoms with E-state index in [2.05, 4.69) is 32.4 Å². The minimum atomic E-state index is -3.21. The van der Waals surface area contributed by atoms with Gasteiger partial charge in [-0.3, -0.25) is 0 Å². The molecule has 0 aromatic rings. The Morgan fingerprint density at radius 1 is 1.00 bits per heavy atom. The third kappa shape index (κ3) is 4.42. The Morgan fingerprint density at radius 3 is 1.62 bits per heavy atom. The molecule has 0 aliphatic carbocycles. The molecule has 3 nitrogen and oxygen atoms in total. The first-order chi connectivity index (χ1) is 6.99. The Hall–Kier alpha value is -0.0900. The second-order valence-electron chi connectivity index (χ2n) is 6.12. The normalized spacial score (nSPS) is 14.1. The molecule has 0 saturated heterocycles. The van der Waals surface area contributed by atoms with Crippen molar-refractivity contribution in [2.24, 2.45) is 17.8 Å². The summed E-state index contributed by atoms with van der Waals surface area (Å²) in [6, 6.07) is 0. The summed E-state index contributed by atoms with van der Waals surface area (Å²) in [7, 11) is -3.21. The topological polar surface area (TPSA) is 46.2 Å². The summed E-state index contributed by atoms with van der Waals surface area (Å²) in [6.07, 6.45) is 0. The van der Waals surface area contributed by atoms with Crippen molar-refractivity contribution in [3.05, 3.63) is 0 Å². The van der Waals surface area contributed by atoms with Crippen molar-refractivity contribution in [3.63, 3.8) is 0 Å². The van der Waals surface area contributed by atoms with Crippen molar-refractivity contribution in [1.29, 1.82) is 0 Å². The van der Waals surface area contributed by atoms with Gasteiger partial charge in [-0.25, -0.2) is 13.1 Å². The van der Waals surface area contributed by atoms with Gasteiger partial charge in [0.05, 0.1) is 4.75 Å². The van der Waals surface area contributed by atoms with E-state index in [1.165, 1.54) is 0 Å². The molecule has 0 unspecified atom stereocenters. The van der Waals surface area contributed by atoms with Gasteiger partial charge in [0, 0.05) is 6.54 Å². The van der Waals surface area contributed by atoms with Crippen LogP contribution in [0.1, 0.15) is 48.5 Å². The molecule has 0 aromatic carbocycles. The molecule has 98 valence electrons. The zero-order valence-electron chi connectivity index (χ0n) is 11.7. The van der Waals surface area contributed by atoms with E-state index in [-0.39, 0.29) is 0 Å². The highest BCUT2D eigenvalue weighted by molar-refractivity contribution is 7.90. The fourth-order valence-electron chi connectivity index (χ4n) is 1.66. The first kappa shape index (κ1) is 15.9. The average molecular weight is 249 g/mol. The van der Waals surface area contributed by atoms with Crippen molar-refractivity contribution in [3.8, 4) is 0 Å². The van der Waals surface area contributed by atoms with Gasteiger partial charge in [0.1, 0.15) is 0 Å². The van der Waals surface area contributed by atoms with Gasteiger partial charge in [0.25, 0.3) is 0 Å². The van der Waals surface area contributed by atoms with E-state index < -0.39 is 14.8 Å². The molecule has 0 bridgehead atoms. The molecule has 0 atom stereocenters. The second kappa shape index (κ2) is 5.50. The summed E-state index contributed by atoms with van der Waals surface area (Å²) in [5, 5.41) is 0. The number of nitrogens with one attached hydrogen (secondary N) is 1. The lowest BCUT2D eigenvalue weighted by Gasteiger charge is -2.27. The smallest absolute Gasteiger partial charge is 0.214 e. The fourth-order valence-corrected chi connectivity index (χ4v) is 2.51. The predicted octanol–water partition coefficient (Wildman–Crippen LogP) is 2.63. The van der Waals surface area contributed by atoms with Crippen LogP contribution in [0.15, 0.2) is 0 Å². The summed E-state index contributed by atoms with van der Waals surface area (Å²) in [4.78, 5) is 0. The molecule has 0 fully saturated rings. The van der Waals surface area contributed by atoms with Gasteiger partial charge >= 0.3 is 0 Å². The first-order valence-corrected chi connectivity index (χ1v) is 7.46. The van der Waals surface area contributed by atoms with Crippen molar-refractivity contribution < 1.29 is 8.42 Å². The largest absolute Gasteiger partial charge is 0.216 e. The summed E-state index contributed by atoms with van der Waals surface area (Å²) in [5.74, 6) is 1.36. The zero-order valence-corrected chi connectivity index (χ0v) is 12.5. The lowest BCUT2D eigenvalue weighted by molar-refractivity contribution is 0.288. The van der Waals surface area contributed by atoms with Crippen molar-refractivity contribution in [2.75, 3.05) is 6.54 Å². The number of rotatable bonds is 5. The molecule has 0 aromatic heterocycles. The van der Waals surface area contributed by atoms with E-state index in [4.69, 9.17) is 0 Å². The summed E-state index contributed by atoms with van der Waals surface area (Å²) < 4.78 is 25.8. The van der Waals surface area contributed by atoms with Crippen LogP contribution in [-0.2, 0) is 10.0 Å². The van der Waals surface area contributed by atoms with Crippen LogP contribution in [0.25, 0.3) is 0 Å². The van der Waals surface area contributed by atoms with E-state index in [1.54, 1.807) is 20.8 Å². The molecule has 0 aliphatic rings. The Balaban J connectivity index is 4.56. The maximum atomic E-state index is 11.9.